The maximum atomic E-state index is 13.1. The van der Waals surface area contributed by atoms with Crippen molar-refractivity contribution in [3.8, 4) is 0 Å². The van der Waals surface area contributed by atoms with E-state index in [1.165, 1.54) is 0 Å². The summed E-state index contributed by atoms with van der Waals surface area (Å²) in [5.41, 5.74) is 0.820. The van der Waals surface area contributed by atoms with Gasteiger partial charge in [0.05, 0.1) is 19.1 Å². The van der Waals surface area contributed by atoms with Gasteiger partial charge in [-0.1, -0.05) is 18.2 Å². The number of hydrogen-bond donors (Lipinski definition) is 0. The zero-order valence-corrected chi connectivity index (χ0v) is 15.4. The highest BCUT2D eigenvalue weighted by Crippen LogP contribution is 2.29. The van der Waals surface area contributed by atoms with E-state index in [1.807, 2.05) is 30.3 Å². The summed E-state index contributed by atoms with van der Waals surface area (Å²) in [5.74, 6) is -0.454. The maximum Gasteiger partial charge on any atom is 0.245 e. The highest BCUT2D eigenvalue weighted by molar-refractivity contribution is 6.01. The normalized spacial score (nSPS) is 25.9. The smallest absolute Gasteiger partial charge is 0.245 e. The van der Waals surface area contributed by atoms with E-state index in [2.05, 4.69) is 0 Å². The Hall–Kier alpha value is -2.41. The van der Waals surface area contributed by atoms with E-state index >= 15 is 0 Å². The predicted molar refractivity (Wildman–Crippen MR) is 99.0 cm³/mol. The van der Waals surface area contributed by atoms with Gasteiger partial charge in [-0.3, -0.25) is 14.4 Å². The van der Waals surface area contributed by atoms with Crippen LogP contribution in [0.4, 0.5) is 5.69 Å². The summed E-state index contributed by atoms with van der Waals surface area (Å²) >= 11 is 0. The first-order valence-corrected chi connectivity index (χ1v) is 9.67. The quantitative estimate of drug-likeness (QED) is 0.791. The Kier molecular flexibility index (Phi) is 5.11. The first kappa shape index (κ1) is 18.0. The molecule has 2 unspecified atom stereocenters. The lowest BCUT2D eigenvalue weighted by atomic mass is 10.1. The Morgan fingerprint density at radius 2 is 1.74 bits per heavy atom. The van der Waals surface area contributed by atoms with Gasteiger partial charge in [0.25, 0.3) is 0 Å². The van der Waals surface area contributed by atoms with Gasteiger partial charge >= 0.3 is 0 Å². The summed E-state index contributed by atoms with van der Waals surface area (Å²) in [6.45, 7) is 3.25. The standard InChI is InChI=1S/C20H25N3O4/c24-18-13-15(14-23(18)16-5-2-1-3-6-16)19(25)22-8-4-7-17(22)20(26)21-9-11-27-12-10-21/h1-3,5-6,15,17H,4,7-14H2. The molecule has 1 aromatic carbocycles. The number of ether oxygens (including phenoxy) is 1. The Morgan fingerprint density at radius 3 is 2.48 bits per heavy atom. The van der Waals surface area contributed by atoms with Gasteiger partial charge in [-0.25, -0.2) is 0 Å². The number of rotatable bonds is 3. The molecular formula is C20H25N3O4. The number of morpholine rings is 1. The third kappa shape index (κ3) is 3.56. The number of nitrogens with zero attached hydrogens (tertiary/aromatic N) is 3. The summed E-state index contributed by atoms with van der Waals surface area (Å²) < 4.78 is 5.32. The van der Waals surface area contributed by atoms with E-state index in [9.17, 15) is 14.4 Å². The lowest BCUT2D eigenvalue weighted by Gasteiger charge is -2.33. The fourth-order valence-corrected chi connectivity index (χ4v) is 4.25. The molecule has 7 heteroatoms. The molecule has 3 amide bonds. The molecule has 0 bridgehead atoms. The van der Waals surface area contributed by atoms with E-state index < -0.39 is 6.04 Å². The van der Waals surface area contributed by atoms with Gasteiger partial charge in [-0.15, -0.1) is 0 Å². The van der Waals surface area contributed by atoms with Gasteiger partial charge in [0.1, 0.15) is 6.04 Å². The predicted octanol–water partition coefficient (Wildman–Crippen LogP) is 0.889. The Labute approximate surface area is 158 Å². The van der Waals surface area contributed by atoms with Crippen LogP contribution in [0.25, 0.3) is 0 Å². The van der Waals surface area contributed by atoms with Crippen LogP contribution in [-0.4, -0.2) is 73.0 Å². The lowest BCUT2D eigenvalue weighted by Crippen LogP contribution is -2.52. The lowest BCUT2D eigenvalue weighted by molar-refractivity contribution is -0.148. The number of carbonyl (C=O) groups is 3. The van der Waals surface area contributed by atoms with Crippen molar-refractivity contribution in [1.29, 1.82) is 0 Å². The molecule has 4 rings (SSSR count). The Morgan fingerprint density at radius 1 is 1.00 bits per heavy atom. The van der Waals surface area contributed by atoms with Gasteiger partial charge in [-0.2, -0.15) is 0 Å². The van der Waals surface area contributed by atoms with Crippen molar-refractivity contribution in [3.05, 3.63) is 30.3 Å². The van der Waals surface area contributed by atoms with Crippen LogP contribution in [-0.2, 0) is 19.1 Å². The first-order valence-electron chi connectivity index (χ1n) is 9.67. The second-order valence-corrected chi connectivity index (χ2v) is 7.37. The molecule has 27 heavy (non-hydrogen) atoms. The first-order chi connectivity index (χ1) is 13.1. The number of benzene rings is 1. The van der Waals surface area contributed by atoms with Crippen LogP contribution in [0.15, 0.2) is 30.3 Å². The maximum absolute atomic E-state index is 13.1. The minimum Gasteiger partial charge on any atom is -0.378 e. The number of anilines is 1. The zero-order valence-electron chi connectivity index (χ0n) is 15.4. The Bertz CT molecular complexity index is 717. The van der Waals surface area contributed by atoms with Crippen LogP contribution in [0.3, 0.4) is 0 Å². The van der Waals surface area contributed by atoms with Crippen molar-refractivity contribution in [2.24, 2.45) is 5.92 Å². The molecule has 2 atom stereocenters. The summed E-state index contributed by atoms with van der Waals surface area (Å²) in [7, 11) is 0. The van der Waals surface area contributed by atoms with E-state index in [1.54, 1.807) is 14.7 Å². The molecule has 3 heterocycles. The molecule has 144 valence electrons. The molecule has 0 radical (unpaired) electrons. The average Bonchev–Trinajstić information content (AvgIpc) is 3.35. The zero-order chi connectivity index (χ0) is 18.8. The van der Waals surface area contributed by atoms with Crippen LogP contribution >= 0.6 is 0 Å². The summed E-state index contributed by atoms with van der Waals surface area (Å²) in [6.07, 6.45) is 1.74. The van der Waals surface area contributed by atoms with Crippen LogP contribution in [0, 0.1) is 5.92 Å². The molecule has 0 spiro atoms. The molecule has 0 aromatic heterocycles. The minimum atomic E-state index is -0.392. The van der Waals surface area contributed by atoms with Gasteiger partial charge in [0, 0.05) is 38.3 Å². The molecular weight excluding hydrogens is 346 g/mol. The van der Waals surface area contributed by atoms with Crippen molar-refractivity contribution >= 4 is 23.4 Å². The molecule has 3 fully saturated rings. The molecule has 0 aliphatic carbocycles. The van der Waals surface area contributed by atoms with Crippen LogP contribution in [0.5, 0.6) is 0 Å². The number of amides is 3. The number of hydrogen-bond acceptors (Lipinski definition) is 4. The van der Waals surface area contributed by atoms with Gasteiger partial charge in [0.2, 0.25) is 17.7 Å². The minimum absolute atomic E-state index is 0.0217. The van der Waals surface area contributed by atoms with Crippen molar-refractivity contribution in [2.75, 3.05) is 44.3 Å². The highest BCUT2D eigenvalue weighted by Gasteiger charge is 2.43. The number of carbonyl (C=O) groups excluding carboxylic acids is 3. The van der Waals surface area contributed by atoms with Crippen LogP contribution in [0.2, 0.25) is 0 Å². The summed E-state index contributed by atoms with van der Waals surface area (Å²) in [5, 5.41) is 0. The summed E-state index contributed by atoms with van der Waals surface area (Å²) in [6, 6.07) is 9.04. The molecule has 1 aromatic rings. The topological polar surface area (TPSA) is 70.2 Å². The van der Waals surface area contributed by atoms with Crippen molar-refractivity contribution < 1.29 is 19.1 Å². The van der Waals surface area contributed by atoms with Crippen molar-refractivity contribution in [2.45, 2.75) is 25.3 Å². The molecule has 3 saturated heterocycles. The fraction of sp³-hybridized carbons (Fsp3) is 0.550. The highest BCUT2D eigenvalue weighted by atomic mass is 16.5. The monoisotopic (exact) mass is 371 g/mol. The van der Waals surface area contributed by atoms with E-state index in [0.717, 1.165) is 12.1 Å². The summed E-state index contributed by atoms with van der Waals surface area (Å²) in [4.78, 5) is 43.6. The SMILES string of the molecule is O=C(C1CCCN1C(=O)C1CC(=O)N(c2ccccc2)C1)N1CCOCC1. The van der Waals surface area contributed by atoms with Crippen molar-refractivity contribution in [1.82, 2.24) is 9.80 Å². The average molecular weight is 371 g/mol. The van der Waals surface area contributed by atoms with Crippen molar-refractivity contribution in [3.63, 3.8) is 0 Å². The Balaban J connectivity index is 1.44. The van der Waals surface area contributed by atoms with Crippen LogP contribution < -0.4 is 4.90 Å². The van der Waals surface area contributed by atoms with Crippen LogP contribution in [0.1, 0.15) is 19.3 Å². The van der Waals surface area contributed by atoms with E-state index in [-0.39, 0.29) is 30.1 Å². The third-order valence-electron chi connectivity index (χ3n) is 5.69. The molecule has 3 aliphatic heterocycles. The number of para-hydroxylation sites is 1. The van der Waals surface area contributed by atoms with Gasteiger partial charge in [-0.05, 0) is 25.0 Å². The molecule has 0 saturated carbocycles. The van der Waals surface area contributed by atoms with E-state index in [0.29, 0.717) is 45.8 Å². The fourth-order valence-electron chi connectivity index (χ4n) is 4.25. The van der Waals surface area contributed by atoms with Gasteiger partial charge in [0.15, 0.2) is 0 Å². The second kappa shape index (κ2) is 7.68. The van der Waals surface area contributed by atoms with E-state index in [4.69, 9.17) is 4.74 Å². The molecule has 3 aliphatic rings. The second-order valence-electron chi connectivity index (χ2n) is 7.37. The molecule has 7 nitrogen and oxygen atoms in total. The molecule has 0 N–H and O–H groups in total. The number of likely N-dealkylation sites (tertiary alicyclic amines) is 1. The van der Waals surface area contributed by atoms with Gasteiger partial charge < -0.3 is 19.4 Å². The third-order valence-corrected chi connectivity index (χ3v) is 5.69. The largest absolute Gasteiger partial charge is 0.378 e.